The smallest absolute Gasteiger partial charge is 0.345 e. The molecule has 23 heavy (non-hydrogen) atoms. The van der Waals surface area contributed by atoms with Gasteiger partial charge in [-0.2, -0.15) is 5.11 Å². The van der Waals surface area contributed by atoms with Gasteiger partial charge in [0.1, 0.15) is 4.88 Å². The van der Waals surface area contributed by atoms with Gasteiger partial charge in [-0.1, -0.05) is 0 Å². The number of aliphatic imine (C=N–C) groups is 1. The number of thiophene rings is 1. The van der Waals surface area contributed by atoms with E-state index in [1.54, 1.807) is 26.2 Å². The highest BCUT2D eigenvalue weighted by atomic mass is 32.1. The predicted molar refractivity (Wildman–Crippen MR) is 83.3 cm³/mol. The van der Waals surface area contributed by atoms with Crippen LogP contribution in [-0.2, 0) is 16.0 Å². The summed E-state index contributed by atoms with van der Waals surface area (Å²) in [6.45, 7) is 5.25. The highest BCUT2D eigenvalue weighted by Gasteiger charge is 2.49. The second-order valence-corrected chi connectivity index (χ2v) is 6.92. The van der Waals surface area contributed by atoms with E-state index < -0.39 is 23.1 Å². The first kappa shape index (κ1) is 17.2. The van der Waals surface area contributed by atoms with Crippen LogP contribution >= 0.6 is 11.3 Å². The molecule has 0 amide bonds. The second-order valence-electron chi connectivity index (χ2n) is 6.01. The molecule has 8 nitrogen and oxygen atoms in total. The lowest BCUT2D eigenvalue weighted by molar-refractivity contribution is -0.170. The summed E-state index contributed by atoms with van der Waals surface area (Å²) in [5.74, 6) is -2.31. The van der Waals surface area contributed by atoms with Gasteiger partial charge in [0, 0.05) is 6.42 Å². The van der Waals surface area contributed by atoms with Crippen molar-refractivity contribution in [2.24, 2.45) is 15.2 Å². The van der Waals surface area contributed by atoms with Gasteiger partial charge in [0.05, 0.1) is 5.60 Å². The molecule has 0 radical (unpaired) electrons. The van der Waals surface area contributed by atoms with Crippen LogP contribution in [0.15, 0.2) is 26.7 Å². The normalized spacial score (nSPS) is 16.9. The van der Waals surface area contributed by atoms with E-state index in [1.807, 2.05) is 0 Å². The SMILES string of the molecule is CC(C)(C)OC(Cc1csc(C(=O)O)c1)(C(=O)O)C1=NCN=N1. The maximum atomic E-state index is 12.0. The highest BCUT2D eigenvalue weighted by Crippen LogP contribution is 2.30. The first-order valence-electron chi connectivity index (χ1n) is 6.81. The van der Waals surface area contributed by atoms with Gasteiger partial charge in [-0.3, -0.25) is 0 Å². The van der Waals surface area contributed by atoms with Crippen molar-refractivity contribution in [2.45, 2.75) is 38.4 Å². The molecule has 1 aromatic heterocycles. The lowest BCUT2D eigenvalue weighted by Crippen LogP contribution is -2.53. The molecule has 1 aliphatic rings. The Morgan fingerprint density at radius 1 is 1.35 bits per heavy atom. The third kappa shape index (κ3) is 3.80. The molecule has 1 unspecified atom stereocenters. The van der Waals surface area contributed by atoms with Gasteiger partial charge in [0.25, 0.3) is 0 Å². The zero-order valence-corrected chi connectivity index (χ0v) is 13.8. The number of nitrogens with zero attached hydrogens (tertiary/aromatic N) is 3. The molecule has 0 spiro atoms. The van der Waals surface area contributed by atoms with Gasteiger partial charge in [-0.25, -0.2) is 14.6 Å². The molecule has 1 aromatic rings. The maximum Gasteiger partial charge on any atom is 0.345 e. The van der Waals surface area contributed by atoms with Crippen molar-refractivity contribution < 1.29 is 24.5 Å². The molecule has 124 valence electrons. The average molecular weight is 339 g/mol. The van der Waals surface area contributed by atoms with Gasteiger partial charge in [0.2, 0.25) is 5.60 Å². The van der Waals surface area contributed by atoms with Crippen molar-refractivity contribution in [3.05, 3.63) is 21.9 Å². The highest BCUT2D eigenvalue weighted by molar-refractivity contribution is 7.12. The molecule has 0 aromatic carbocycles. The van der Waals surface area contributed by atoms with E-state index in [2.05, 4.69) is 15.2 Å². The van der Waals surface area contributed by atoms with Gasteiger partial charge >= 0.3 is 11.9 Å². The van der Waals surface area contributed by atoms with E-state index in [1.165, 1.54) is 6.07 Å². The van der Waals surface area contributed by atoms with Crippen molar-refractivity contribution in [1.29, 1.82) is 0 Å². The molecular formula is C14H17N3O5S. The van der Waals surface area contributed by atoms with Gasteiger partial charge in [0.15, 0.2) is 12.5 Å². The minimum Gasteiger partial charge on any atom is -0.479 e. The summed E-state index contributed by atoms with van der Waals surface area (Å²) in [6.07, 6.45) is -0.0821. The average Bonchev–Trinajstić information content (AvgIpc) is 3.07. The second kappa shape index (κ2) is 6.17. The van der Waals surface area contributed by atoms with Crippen LogP contribution < -0.4 is 0 Å². The summed E-state index contributed by atoms with van der Waals surface area (Å²) in [5.41, 5.74) is -2.05. The van der Waals surface area contributed by atoms with E-state index in [4.69, 9.17) is 9.84 Å². The standard InChI is InChI=1S/C14H17N3O5S/c1-13(2,3)22-14(12(20)21,11-15-7-16-17-11)5-8-4-9(10(18)19)23-6-8/h4,6H,5,7H2,1-3H3,(H,18,19)(H,20,21). The first-order valence-corrected chi connectivity index (χ1v) is 7.69. The molecule has 0 saturated heterocycles. The number of carboxylic acid groups (broad SMARTS) is 2. The summed E-state index contributed by atoms with van der Waals surface area (Å²) < 4.78 is 5.82. The Bertz CT molecular complexity index is 689. The number of carboxylic acids is 2. The fourth-order valence-corrected chi connectivity index (χ4v) is 2.95. The Morgan fingerprint density at radius 3 is 2.48 bits per heavy atom. The number of rotatable bonds is 6. The molecule has 2 rings (SSSR count). The topological polar surface area (TPSA) is 121 Å². The van der Waals surface area contributed by atoms with Crippen LogP contribution in [0.2, 0.25) is 0 Å². The minimum absolute atomic E-state index is 0.0111. The van der Waals surface area contributed by atoms with Gasteiger partial charge < -0.3 is 14.9 Å². The van der Waals surface area contributed by atoms with Crippen LogP contribution in [0.4, 0.5) is 0 Å². The Labute approximate surface area is 136 Å². The van der Waals surface area contributed by atoms with Crippen LogP contribution in [0.3, 0.4) is 0 Å². The molecule has 0 bridgehead atoms. The zero-order valence-electron chi connectivity index (χ0n) is 12.9. The molecule has 1 aliphatic heterocycles. The van der Waals surface area contributed by atoms with Crippen molar-refractivity contribution >= 4 is 29.1 Å². The van der Waals surface area contributed by atoms with E-state index in [-0.39, 0.29) is 23.8 Å². The third-order valence-electron chi connectivity index (χ3n) is 2.95. The Kier molecular flexibility index (Phi) is 4.62. The Balaban J connectivity index is 2.44. The molecule has 0 saturated carbocycles. The van der Waals surface area contributed by atoms with E-state index in [0.717, 1.165) is 11.3 Å². The van der Waals surface area contributed by atoms with Crippen LogP contribution in [-0.4, -0.2) is 45.9 Å². The Hall–Kier alpha value is -2.13. The molecule has 9 heteroatoms. The lowest BCUT2D eigenvalue weighted by Gasteiger charge is -2.34. The number of hydrogen-bond donors (Lipinski definition) is 2. The van der Waals surface area contributed by atoms with Crippen molar-refractivity contribution in [3.63, 3.8) is 0 Å². The molecule has 0 aliphatic carbocycles. The molecule has 1 atom stereocenters. The number of azo groups is 1. The number of hydrogen-bond acceptors (Lipinski definition) is 7. The summed E-state index contributed by atoms with van der Waals surface area (Å²) in [7, 11) is 0. The number of ether oxygens (including phenoxy) is 1. The quantitative estimate of drug-likeness (QED) is 0.824. The van der Waals surface area contributed by atoms with E-state index in [9.17, 15) is 14.7 Å². The molecular weight excluding hydrogens is 322 g/mol. The van der Waals surface area contributed by atoms with E-state index in [0.29, 0.717) is 5.56 Å². The fraction of sp³-hybridized carbons (Fsp3) is 0.500. The monoisotopic (exact) mass is 339 g/mol. The minimum atomic E-state index is -1.81. The molecule has 2 heterocycles. The van der Waals surface area contributed by atoms with Crippen molar-refractivity contribution in [1.82, 2.24) is 0 Å². The first-order chi connectivity index (χ1) is 10.6. The predicted octanol–water partition coefficient (Wildman–Crippen LogP) is 2.45. The summed E-state index contributed by atoms with van der Waals surface area (Å²) in [5, 5.41) is 27.9. The zero-order chi connectivity index (χ0) is 17.3. The largest absolute Gasteiger partial charge is 0.479 e. The van der Waals surface area contributed by atoms with Crippen LogP contribution in [0.1, 0.15) is 36.0 Å². The summed E-state index contributed by atoms with van der Waals surface area (Å²) in [6, 6.07) is 1.43. The maximum absolute atomic E-state index is 12.0. The number of aliphatic carboxylic acids is 1. The van der Waals surface area contributed by atoms with Crippen LogP contribution in [0.25, 0.3) is 0 Å². The van der Waals surface area contributed by atoms with Crippen LogP contribution in [0.5, 0.6) is 0 Å². The van der Waals surface area contributed by atoms with Crippen molar-refractivity contribution in [3.8, 4) is 0 Å². The third-order valence-corrected chi connectivity index (χ3v) is 3.92. The fourth-order valence-electron chi connectivity index (χ4n) is 2.20. The lowest BCUT2D eigenvalue weighted by atomic mass is 9.92. The number of aromatic carboxylic acids is 1. The molecule has 0 fully saturated rings. The van der Waals surface area contributed by atoms with Gasteiger partial charge in [-0.15, -0.1) is 16.5 Å². The summed E-state index contributed by atoms with van der Waals surface area (Å²) >= 11 is 1.03. The number of amidine groups is 1. The van der Waals surface area contributed by atoms with Gasteiger partial charge in [-0.05, 0) is 37.8 Å². The summed E-state index contributed by atoms with van der Waals surface area (Å²) in [4.78, 5) is 27.2. The number of carbonyl (C=O) groups is 2. The Morgan fingerprint density at radius 2 is 2.04 bits per heavy atom. The van der Waals surface area contributed by atoms with Crippen LogP contribution in [0, 0.1) is 0 Å². The molecule has 2 N–H and O–H groups in total. The van der Waals surface area contributed by atoms with E-state index >= 15 is 0 Å². The van der Waals surface area contributed by atoms with Crippen molar-refractivity contribution in [2.75, 3.05) is 6.67 Å².